The Kier molecular flexibility index (Phi) is 3.73. The summed E-state index contributed by atoms with van der Waals surface area (Å²) in [4.78, 5) is 10.4. The maximum atomic E-state index is 13.5. The van der Waals surface area contributed by atoms with E-state index in [0.29, 0.717) is 36.2 Å². The smallest absolute Gasteiger partial charge is 0.211 e. The highest BCUT2D eigenvalue weighted by Crippen LogP contribution is 2.28. The highest BCUT2D eigenvalue weighted by Gasteiger charge is 2.31. The summed E-state index contributed by atoms with van der Waals surface area (Å²) in [6, 6.07) is 4.29. The van der Waals surface area contributed by atoms with Crippen LogP contribution in [0.2, 0.25) is 0 Å². The largest absolute Gasteiger partial charge is 0.354 e. The lowest BCUT2D eigenvalue weighted by molar-refractivity contribution is 0.393. The maximum Gasteiger partial charge on any atom is 0.211 e. The van der Waals surface area contributed by atoms with E-state index in [1.54, 1.807) is 13.1 Å². The number of aromatic nitrogens is 2. The fraction of sp³-hybridized carbons (Fsp3) is 0.429. The topological polar surface area (TPSA) is 66.4 Å². The molecule has 2 aromatic rings. The van der Waals surface area contributed by atoms with Crippen molar-refractivity contribution in [2.24, 2.45) is 0 Å². The lowest BCUT2D eigenvalue weighted by Crippen LogP contribution is -2.38. The molecule has 0 amide bonds. The van der Waals surface area contributed by atoms with Crippen LogP contribution < -0.4 is 4.90 Å². The molecule has 3 rings (SSSR count). The number of sulfonamides is 1. The molecule has 0 N–H and O–H groups in total. The number of hydrogen-bond donors (Lipinski definition) is 0. The lowest BCUT2D eigenvalue weighted by Gasteiger charge is -2.23. The third-order valence-electron chi connectivity index (χ3n) is 4.08. The van der Waals surface area contributed by atoms with E-state index in [1.807, 2.05) is 4.90 Å². The van der Waals surface area contributed by atoms with E-state index < -0.39 is 10.0 Å². The third-order valence-corrected chi connectivity index (χ3v) is 5.42. The Balaban J connectivity index is 1.92. The first kappa shape index (κ1) is 15.1. The van der Waals surface area contributed by atoms with Gasteiger partial charge in [0.15, 0.2) is 0 Å². The zero-order valence-electron chi connectivity index (χ0n) is 12.4. The van der Waals surface area contributed by atoms with Gasteiger partial charge in [0.1, 0.15) is 18.0 Å². The minimum absolute atomic E-state index is 0.103. The summed E-state index contributed by atoms with van der Waals surface area (Å²) in [6.07, 6.45) is 3.36. The summed E-state index contributed by atoms with van der Waals surface area (Å²) in [5.74, 6) is 0.307. The Hall–Kier alpha value is -1.80. The maximum absolute atomic E-state index is 13.5. The summed E-state index contributed by atoms with van der Waals surface area (Å²) in [5, 5.41) is 0.644. The highest BCUT2D eigenvalue weighted by atomic mass is 32.2. The molecule has 6 nitrogen and oxygen atoms in total. The van der Waals surface area contributed by atoms with Gasteiger partial charge in [0, 0.05) is 31.6 Å². The van der Waals surface area contributed by atoms with E-state index in [9.17, 15) is 12.8 Å². The Morgan fingerprint density at radius 3 is 2.86 bits per heavy atom. The third kappa shape index (κ3) is 2.76. The van der Waals surface area contributed by atoms with Gasteiger partial charge in [-0.05, 0) is 24.6 Å². The standard InChI is InChI=1S/C14H17FN4O2S/c1-18(22(2,20)21)11-5-6-19(8-11)14-12-7-10(15)3-4-13(12)16-9-17-14/h3-4,7,9,11H,5-6,8H2,1-2H3. The Morgan fingerprint density at radius 1 is 1.36 bits per heavy atom. The summed E-state index contributed by atoms with van der Waals surface area (Å²) in [6.45, 7) is 1.21. The summed E-state index contributed by atoms with van der Waals surface area (Å²) in [7, 11) is -1.64. The molecule has 1 unspecified atom stereocenters. The van der Waals surface area contributed by atoms with Gasteiger partial charge >= 0.3 is 0 Å². The van der Waals surface area contributed by atoms with Gasteiger partial charge in [-0.15, -0.1) is 0 Å². The van der Waals surface area contributed by atoms with E-state index in [4.69, 9.17) is 0 Å². The van der Waals surface area contributed by atoms with Crippen molar-refractivity contribution in [2.75, 3.05) is 31.3 Å². The molecule has 1 atom stereocenters. The molecule has 22 heavy (non-hydrogen) atoms. The molecule has 0 spiro atoms. The normalized spacial score (nSPS) is 19.3. The van der Waals surface area contributed by atoms with Crippen LogP contribution in [0.25, 0.3) is 10.9 Å². The van der Waals surface area contributed by atoms with Gasteiger partial charge in [-0.2, -0.15) is 0 Å². The average molecular weight is 324 g/mol. The SMILES string of the molecule is CN(C1CCN(c2ncnc3ccc(F)cc23)C1)S(C)(=O)=O. The van der Waals surface area contributed by atoms with E-state index in [1.165, 1.54) is 29.0 Å². The molecule has 8 heteroatoms. The molecule has 0 radical (unpaired) electrons. The van der Waals surface area contributed by atoms with Crippen molar-refractivity contribution >= 4 is 26.7 Å². The number of benzene rings is 1. The number of rotatable bonds is 3. The fourth-order valence-electron chi connectivity index (χ4n) is 2.77. The van der Waals surface area contributed by atoms with Crippen LogP contribution in [0.4, 0.5) is 10.2 Å². The van der Waals surface area contributed by atoms with Crippen molar-refractivity contribution in [1.29, 1.82) is 0 Å². The van der Waals surface area contributed by atoms with Crippen molar-refractivity contribution in [1.82, 2.24) is 14.3 Å². The van der Waals surface area contributed by atoms with Crippen LogP contribution in [0.5, 0.6) is 0 Å². The first-order valence-corrected chi connectivity index (χ1v) is 8.79. The predicted octanol–water partition coefficient (Wildman–Crippen LogP) is 1.24. The van der Waals surface area contributed by atoms with E-state index in [2.05, 4.69) is 9.97 Å². The molecule has 1 fully saturated rings. The molecule has 2 heterocycles. The molecule has 1 saturated heterocycles. The zero-order valence-corrected chi connectivity index (χ0v) is 13.2. The second-order valence-corrected chi connectivity index (χ2v) is 7.57. The van der Waals surface area contributed by atoms with Crippen molar-refractivity contribution in [3.8, 4) is 0 Å². The first-order chi connectivity index (χ1) is 10.4. The Labute approximate surface area is 128 Å². The number of nitrogens with zero attached hydrogens (tertiary/aromatic N) is 4. The number of halogens is 1. The molecule has 1 aliphatic rings. The number of likely N-dealkylation sites (N-methyl/N-ethyl adjacent to an activating group) is 1. The molecule has 118 valence electrons. The van der Waals surface area contributed by atoms with Gasteiger partial charge in [0.05, 0.1) is 11.8 Å². The van der Waals surface area contributed by atoms with Gasteiger partial charge in [0.25, 0.3) is 0 Å². The monoisotopic (exact) mass is 324 g/mol. The van der Waals surface area contributed by atoms with E-state index >= 15 is 0 Å². The van der Waals surface area contributed by atoms with Gasteiger partial charge < -0.3 is 4.90 Å². The zero-order chi connectivity index (χ0) is 15.9. The summed E-state index contributed by atoms with van der Waals surface area (Å²) < 4.78 is 38.2. The van der Waals surface area contributed by atoms with Crippen LogP contribution in [0, 0.1) is 5.82 Å². The van der Waals surface area contributed by atoms with Crippen LogP contribution in [-0.4, -0.2) is 55.1 Å². The van der Waals surface area contributed by atoms with Crippen molar-refractivity contribution < 1.29 is 12.8 Å². The van der Waals surface area contributed by atoms with Crippen LogP contribution in [0.3, 0.4) is 0 Å². The van der Waals surface area contributed by atoms with Gasteiger partial charge in [0.2, 0.25) is 10.0 Å². The van der Waals surface area contributed by atoms with Crippen LogP contribution in [-0.2, 0) is 10.0 Å². The van der Waals surface area contributed by atoms with Crippen LogP contribution in [0.15, 0.2) is 24.5 Å². The number of fused-ring (bicyclic) bond motifs is 1. The van der Waals surface area contributed by atoms with Gasteiger partial charge in [-0.25, -0.2) is 27.1 Å². The van der Waals surface area contributed by atoms with Crippen LogP contribution >= 0.6 is 0 Å². The molecule has 1 aromatic carbocycles. The molecule has 1 aromatic heterocycles. The van der Waals surface area contributed by atoms with E-state index in [0.717, 1.165) is 0 Å². The second-order valence-electron chi connectivity index (χ2n) is 5.53. The second kappa shape index (κ2) is 5.44. The Bertz CT molecular complexity index is 812. The predicted molar refractivity (Wildman–Crippen MR) is 82.7 cm³/mol. The van der Waals surface area contributed by atoms with Gasteiger partial charge in [-0.3, -0.25) is 0 Å². The molecule has 0 bridgehead atoms. The minimum Gasteiger partial charge on any atom is -0.354 e. The molecular formula is C14H17FN4O2S. The number of anilines is 1. The lowest BCUT2D eigenvalue weighted by atomic mass is 10.2. The summed E-state index contributed by atoms with van der Waals surface area (Å²) in [5.41, 5.74) is 0.673. The minimum atomic E-state index is -3.23. The molecule has 0 saturated carbocycles. The van der Waals surface area contributed by atoms with Crippen molar-refractivity contribution in [3.63, 3.8) is 0 Å². The molecule has 1 aliphatic heterocycles. The molecule has 0 aliphatic carbocycles. The molecular weight excluding hydrogens is 307 g/mol. The van der Waals surface area contributed by atoms with Crippen LogP contribution in [0.1, 0.15) is 6.42 Å². The summed E-state index contributed by atoms with van der Waals surface area (Å²) >= 11 is 0. The van der Waals surface area contributed by atoms with Gasteiger partial charge in [-0.1, -0.05) is 0 Å². The van der Waals surface area contributed by atoms with E-state index in [-0.39, 0.29) is 11.9 Å². The Morgan fingerprint density at radius 2 is 2.14 bits per heavy atom. The first-order valence-electron chi connectivity index (χ1n) is 6.94. The fourth-order valence-corrected chi connectivity index (χ4v) is 3.48. The van der Waals surface area contributed by atoms with Crippen molar-refractivity contribution in [2.45, 2.75) is 12.5 Å². The highest BCUT2D eigenvalue weighted by molar-refractivity contribution is 7.88. The van der Waals surface area contributed by atoms with Crippen molar-refractivity contribution in [3.05, 3.63) is 30.3 Å². The quantitative estimate of drug-likeness (QED) is 0.850. The average Bonchev–Trinajstić information content (AvgIpc) is 2.94. The number of hydrogen-bond acceptors (Lipinski definition) is 5.